The van der Waals surface area contributed by atoms with E-state index in [1.807, 2.05) is 44.2 Å². The summed E-state index contributed by atoms with van der Waals surface area (Å²) in [5, 5.41) is 16.6. The second-order valence-electron chi connectivity index (χ2n) is 8.77. The van der Waals surface area contributed by atoms with Gasteiger partial charge in [0, 0.05) is 28.6 Å². The van der Waals surface area contributed by atoms with Gasteiger partial charge in [-0.05, 0) is 70.0 Å². The fourth-order valence-electron chi connectivity index (χ4n) is 4.63. The van der Waals surface area contributed by atoms with Crippen LogP contribution in [0.2, 0.25) is 0 Å². The van der Waals surface area contributed by atoms with Crippen LogP contribution < -0.4 is 0 Å². The van der Waals surface area contributed by atoms with Gasteiger partial charge in [0.05, 0.1) is 29.5 Å². The molecule has 0 fully saturated rings. The zero-order valence-electron chi connectivity index (χ0n) is 18.8. The molecule has 0 saturated carbocycles. The number of pyridine rings is 1. The summed E-state index contributed by atoms with van der Waals surface area (Å²) in [6.45, 7) is 3.32. The number of likely N-dealkylation sites (N-methyl/N-ethyl adjacent to an activating group) is 1. The van der Waals surface area contributed by atoms with Gasteiger partial charge >= 0.3 is 0 Å². The summed E-state index contributed by atoms with van der Waals surface area (Å²) in [5.74, 6) is -0.109. The molecule has 166 valence electrons. The first-order valence-corrected chi connectivity index (χ1v) is 11.1. The van der Waals surface area contributed by atoms with Gasteiger partial charge in [-0.15, -0.1) is 0 Å². The molecule has 0 unspecified atom stereocenters. The van der Waals surface area contributed by atoms with Crippen LogP contribution in [0.1, 0.15) is 40.2 Å². The van der Waals surface area contributed by atoms with Crippen LogP contribution in [0.5, 0.6) is 0 Å². The third-order valence-electron chi connectivity index (χ3n) is 6.26. The summed E-state index contributed by atoms with van der Waals surface area (Å²) >= 11 is 0. The van der Waals surface area contributed by atoms with E-state index in [1.165, 1.54) is 11.1 Å². The van der Waals surface area contributed by atoms with E-state index in [9.17, 15) is 4.79 Å². The van der Waals surface area contributed by atoms with Crippen molar-refractivity contribution in [2.24, 2.45) is 0 Å². The second kappa shape index (κ2) is 8.44. The van der Waals surface area contributed by atoms with E-state index in [0.29, 0.717) is 12.3 Å². The number of rotatable bonds is 7. The normalized spacial score (nSPS) is 13.9. The number of hydrogen-bond acceptors (Lipinski definition) is 6. The average molecular weight is 433 g/mol. The van der Waals surface area contributed by atoms with Gasteiger partial charge < -0.3 is 9.64 Å². The molecule has 3 heterocycles. The largest absolute Gasteiger partial charge is 0.372 e. The Kier molecular flexibility index (Phi) is 5.48. The number of fused-ring (bicyclic) bond motifs is 5. The number of carbonyl (C=O) groups is 1. The highest BCUT2D eigenvalue weighted by Crippen LogP contribution is 2.39. The first kappa shape index (κ1) is 20.8. The van der Waals surface area contributed by atoms with Crippen molar-refractivity contribution < 1.29 is 9.53 Å². The van der Waals surface area contributed by atoms with Crippen LogP contribution in [0.4, 0.5) is 0 Å². The van der Waals surface area contributed by atoms with Crippen molar-refractivity contribution in [3.63, 3.8) is 0 Å². The molecular weight excluding hydrogens is 404 g/mol. The van der Waals surface area contributed by atoms with Gasteiger partial charge in [-0.2, -0.15) is 10.2 Å². The number of aromatic amines is 2. The zero-order chi connectivity index (χ0) is 22.2. The molecule has 0 bridgehead atoms. The molecule has 8 nitrogen and oxygen atoms in total. The van der Waals surface area contributed by atoms with E-state index < -0.39 is 0 Å². The van der Waals surface area contributed by atoms with Crippen LogP contribution >= 0.6 is 0 Å². The number of Topliss-reactive ketones (excluding diaryl/α,β-unsaturated/α-hetero) is 1. The first-order valence-electron chi connectivity index (χ1n) is 11.1. The maximum Gasteiger partial charge on any atom is 0.209 e. The minimum absolute atomic E-state index is 0.0199. The molecular formula is C24H28N6O2. The highest BCUT2D eigenvalue weighted by molar-refractivity contribution is 6.17. The Morgan fingerprint density at radius 2 is 1.94 bits per heavy atom. The summed E-state index contributed by atoms with van der Waals surface area (Å²) in [4.78, 5) is 20.1. The van der Waals surface area contributed by atoms with E-state index in [1.54, 1.807) is 0 Å². The quantitative estimate of drug-likeness (QED) is 0.343. The predicted octanol–water partition coefficient (Wildman–Crippen LogP) is 3.45. The lowest BCUT2D eigenvalue weighted by molar-refractivity contribution is 0.0727. The Labute approximate surface area is 186 Å². The highest BCUT2D eigenvalue weighted by Gasteiger charge is 2.25. The molecule has 0 aliphatic heterocycles. The summed E-state index contributed by atoms with van der Waals surface area (Å²) in [6.07, 6.45) is 6.06. The van der Waals surface area contributed by atoms with Crippen molar-refractivity contribution in [3.05, 3.63) is 40.8 Å². The third kappa shape index (κ3) is 3.59. The Hall–Kier alpha value is -3.10. The molecule has 1 aromatic carbocycles. The Bertz CT molecular complexity index is 1300. The van der Waals surface area contributed by atoms with Gasteiger partial charge in [-0.3, -0.25) is 15.0 Å². The number of nitrogens with zero attached hydrogens (tertiary/aromatic N) is 4. The van der Waals surface area contributed by atoms with Crippen LogP contribution in [0.3, 0.4) is 0 Å². The van der Waals surface area contributed by atoms with Crippen LogP contribution in [-0.4, -0.2) is 69.9 Å². The van der Waals surface area contributed by atoms with E-state index in [4.69, 9.17) is 9.72 Å². The van der Waals surface area contributed by atoms with Gasteiger partial charge in [-0.1, -0.05) is 0 Å². The monoisotopic (exact) mass is 432 g/mol. The number of ketones is 1. The lowest BCUT2D eigenvalue weighted by Gasteiger charge is -2.21. The molecule has 8 heteroatoms. The second-order valence-corrected chi connectivity index (χ2v) is 8.77. The smallest absolute Gasteiger partial charge is 0.209 e. The van der Waals surface area contributed by atoms with Gasteiger partial charge in [0.15, 0.2) is 0 Å². The SMILES string of the molecule is Cc1[nH]ncc1-c1nc2ccc3[nH]nc(C(=O)COCCN(C)C)c3c2c2c1CCCC2. The first-order chi connectivity index (χ1) is 15.5. The average Bonchev–Trinajstić information content (AvgIpc) is 3.41. The molecule has 4 aromatic rings. The minimum atomic E-state index is -0.109. The predicted molar refractivity (Wildman–Crippen MR) is 124 cm³/mol. The number of ether oxygens (including phenoxy) is 1. The molecule has 2 N–H and O–H groups in total. The lowest BCUT2D eigenvalue weighted by Crippen LogP contribution is -2.20. The summed E-state index contributed by atoms with van der Waals surface area (Å²) in [5.41, 5.74) is 7.80. The van der Waals surface area contributed by atoms with Crippen LogP contribution in [0.15, 0.2) is 18.3 Å². The van der Waals surface area contributed by atoms with Crippen molar-refractivity contribution in [3.8, 4) is 11.3 Å². The van der Waals surface area contributed by atoms with Crippen LogP contribution in [0, 0.1) is 6.92 Å². The zero-order valence-corrected chi connectivity index (χ0v) is 18.8. The maximum atomic E-state index is 13.0. The Balaban J connectivity index is 1.64. The maximum absolute atomic E-state index is 13.0. The number of carbonyl (C=O) groups excluding carboxylic acids is 1. The van der Waals surface area contributed by atoms with Crippen molar-refractivity contribution >= 4 is 27.6 Å². The van der Waals surface area contributed by atoms with Crippen molar-refractivity contribution in [2.75, 3.05) is 33.9 Å². The van der Waals surface area contributed by atoms with Crippen molar-refractivity contribution in [1.29, 1.82) is 0 Å². The van der Waals surface area contributed by atoms with Gasteiger partial charge in [0.2, 0.25) is 5.78 Å². The minimum Gasteiger partial charge on any atom is -0.372 e. The molecule has 1 aliphatic carbocycles. The van der Waals surface area contributed by atoms with E-state index in [0.717, 1.165) is 71.0 Å². The van der Waals surface area contributed by atoms with E-state index in [-0.39, 0.29) is 12.4 Å². The molecule has 0 amide bonds. The molecule has 0 spiro atoms. The number of benzene rings is 1. The molecule has 0 atom stereocenters. The Morgan fingerprint density at radius 3 is 2.69 bits per heavy atom. The molecule has 3 aromatic heterocycles. The molecule has 0 radical (unpaired) electrons. The van der Waals surface area contributed by atoms with Crippen molar-refractivity contribution in [2.45, 2.75) is 32.6 Å². The van der Waals surface area contributed by atoms with Gasteiger partial charge in [0.25, 0.3) is 0 Å². The highest BCUT2D eigenvalue weighted by atomic mass is 16.5. The van der Waals surface area contributed by atoms with E-state index >= 15 is 0 Å². The van der Waals surface area contributed by atoms with Crippen LogP contribution in [-0.2, 0) is 17.6 Å². The number of aromatic nitrogens is 5. The number of H-pyrrole nitrogens is 2. The van der Waals surface area contributed by atoms with Crippen molar-refractivity contribution in [1.82, 2.24) is 30.3 Å². The molecule has 1 aliphatic rings. The van der Waals surface area contributed by atoms with Gasteiger partial charge in [0.1, 0.15) is 12.3 Å². The topological polar surface area (TPSA) is 99.8 Å². The molecule has 0 saturated heterocycles. The standard InChI is InChI=1S/C24H28N6O2/c1-14-17(12-25-27-14)23-16-7-5-4-6-15(16)21-18(26-23)8-9-19-22(21)24(29-28-19)20(31)13-32-11-10-30(2)3/h8-9,12H,4-7,10-11,13H2,1-3H3,(H,25,27)(H,28,29). The summed E-state index contributed by atoms with van der Waals surface area (Å²) in [7, 11) is 3.96. The summed E-state index contributed by atoms with van der Waals surface area (Å²) < 4.78 is 5.61. The molecule has 32 heavy (non-hydrogen) atoms. The fourth-order valence-corrected chi connectivity index (χ4v) is 4.63. The third-order valence-corrected chi connectivity index (χ3v) is 6.26. The summed E-state index contributed by atoms with van der Waals surface area (Å²) in [6, 6.07) is 3.98. The molecule has 5 rings (SSSR count). The fraction of sp³-hybridized carbons (Fsp3) is 0.417. The van der Waals surface area contributed by atoms with Gasteiger partial charge in [-0.25, -0.2) is 4.98 Å². The number of nitrogens with one attached hydrogen (secondary N) is 2. The van der Waals surface area contributed by atoms with Crippen LogP contribution in [0.25, 0.3) is 33.1 Å². The van der Waals surface area contributed by atoms with E-state index in [2.05, 4.69) is 20.4 Å². The number of hydrogen-bond donors (Lipinski definition) is 2. The number of aryl methyl sites for hydroxylation is 2. The Morgan fingerprint density at radius 1 is 1.12 bits per heavy atom. The lowest BCUT2D eigenvalue weighted by atomic mass is 9.85.